The van der Waals surface area contributed by atoms with Crippen LogP contribution in [0.2, 0.25) is 0 Å². The summed E-state index contributed by atoms with van der Waals surface area (Å²) in [5.74, 6) is -0.441. The van der Waals surface area contributed by atoms with Crippen LogP contribution in [0.1, 0.15) is 25.8 Å². The number of hydrogen-bond donors (Lipinski definition) is 4. The van der Waals surface area contributed by atoms with Crippen molar-refractivity contribution in [3.8, 4) is 0 Å². The van der Waals surface area contributed by atoms with Gasteiger partial charge in [-0.1, -0.05) is 19.9 Å². The first kappa shape index (κ1) is 20.6. The minimum absolute atomic E-state index is 0.0624. The third-order valence-electron chi connectivity index (χ3n) is 4.29. The molecule has 1 fully saturated rings. The van der Waals surface area contributed by atoms with Gasteiger partial charge in [0.2, 0.25) is 11.8 Å². The summed E-state index contributed by atoms with van der Waals surface area (Å²) < 4.78 is 0. The average molecular weight is 377 g/mol. The van der Waals surface area contributed by atoms with E-state index in [0.717, 1.165) is 5.56 Å². The van der Waals surface area contributed by atoms with E-state index in [4.69, 9.17) is 5.11 Å². The third-order valence-corrected chi connectivity index (χ3v) is 4.29. The molecule has 4 N–H and O–H groups in total. The maximum atomic E-state index is 12.6. The monoisotopic (exact) mass is 377 g/mol. The van der Waals surface area contributed by atoms with Crippen LogP contribution in [0.15, 0.2) is 24.5 Å². The van der Waals surface area contributed by atoms with Crippen molar-refractivity contribution in [2.75, 3.05) is 19.6 Å². The Morgan fingerprint density at radius 1 is 1.41 bits per heavy atom. The molecule has 2 rings (SSSR count). The number of carbonyl (C=O) groups excluding carboxylic acids is 2. The minimum atomic E-state index is -1.05. The number of hydrogen-bond acceptors (Lipinski definition) is 5. The van der Waals surface area contributed by atoms with E-state index in [9.17, 15) is 14.4 Å². The lowest BCUT2D eigenvalue weighted by Crippen LogP contribution is -2.60. The van der Waals surface area contributed by atoms with Crippen LogP contribution in [0, 0.1) is 5.92 Å². The molecule has 1 saturated heterocycles. The topological polar surface area (TPSA) is 124 Å². The molecule has 0 aromatic carbocycles. The van der Waals surface area contributed by atoms with Gasteiger partial charge in [-0.15, -0.1) is 0 Å². The Labute approximate surface area is 158 Å². The Morgan fingerprint density at radius 2 is 2.19 bits per heavy atom. The molecule has 1 aromatic heterocycles. The molecular formula is C18H27N5O4. The third kappa shape index (κ3) is 6.52. The highest BCUT2D eigenvalue weighted by atomic mass is 16.4. The van der Waals surface area contributed by atoms with Crippen LogP contribution < -0.4 is 16.0 Å². The van der Waals surface area contributed by atoms with Crippen LogP contribution in [-0.2, 0) is 16.1 Å². The molecule has 9 nitrogen and oxygen atoms in total. The summed E-state index contributed by atoms with van der Waals surface area (Å²) in [6.07, 6.45) is 2.76. The second kappa shape index (κ2) is 9.86. The van der Waals surface area contributed by atoms with Crippen LogP contribution in [-0.4, -0.2) is 64.6 Å². The van der Waals surface area contributed by atoms with Gasteiger partial charge >= 0.3 is 6.09 Å². The zero-order valence-electron chi connectivity index (χ0n) is 15.6. The fraction of sp³-hybridized carbons (Fsp3) is 0.556. The first-order valence-corrected chi connectivity index (χ1v) is 9.05. The molecule has 3 amide bonds. The van der Waals surface area contributed by atoms with Crippen molar-refractivity contribution in [3.05, 3.63) is 30.1 Å². The van der Waals surface area contributed by atoms with Crippen molar-refractivity contribution < 1.29 is 19.5 Å². The maximum absolute atomic E-state index is 12.6. The standard InChI is InChI=1S/C18H27N5O4/c1-12(2)8-14(16(24)21-10-13-4-3-5-19-9-13)22-17(25)15-11-23(18(26)27)7-6-20-15/h3-5,9,12,14-15,20H,6-8,10-11H2,1-2H3,(H,21,24)(H,22,25)(H,26,27). The molecule has 2 heterocycles. The largest absolute Gasteiger partial charge is 0.465 e. The van der Waals surface area contributed by atoms with E-state index in [0.29, 0.717) is 26.1 Å². The lowest BCUT2D eigenvalue weighted by atomic mass is 10.0. The summed E-state index contributed by atoms with van der Waals surface area (Å²) >= 11 is 0. The fourth-order valence-corrected chi connectivity index (χ4v) is 2.89. The molecule has 0 saturated carbocycles. The molecule has 1 aromatic rings. The maximum Gasteiger partial charge on any atom is 0.407 e. The lowest BCUT2D eigenvalue weighted by molar-refractivity contribution is -0.131. The number of piperazine rings is 1. The van der Waals surface area contributed by atoms with Gasteiger partial charge in [-0.2, -0.15) is 0 Å². The Bertz CT molecular complexity index is 652. The number of nitrogens with one attached hydrogen (secondary N) is 3. The first-order chi connectivity index (χ1) is 12.9. The Kier molecular flexibility index (Phi) is 7.54. The van der Waals surface area contributed by atoms with Crippen molar-refractivity contribution in [1.82, 2.24) is 25.8 Å². The van der Waals surface area contributed by atoms with Crippen molar-refractivity contribution in [1.29, 1.82) is 0 Å². The van der Waals surface area contributed by atoms with Gasteiger partial charge in [0, 0.05) is 38.6 Å². The predicted octanol–water partition coefficient (Wildman–Crippen LogP) is 0.181. The van der Waals surface area contributed by atoms with Crippen LogP contribution >= 0.6 is 0 Å². The molecule has 0 bridgehead atoms. The van der Waals surface area contributed by atoms with Crippen molar-refractivity contribution in [2.45, 2.75) is 38.9 Å². The Hall–Kier alpha value is -2.68. The smallest absolute Gasteiger partial charge is 0.407 e. The number of carbonyl (C=O) groups is 3. The molecule has 27 heavy (non-hydrogen) atoms. The van der Waals surface area contributed by atoms with Gasteiger partial charge in [0.15, 0.2) is 0 Å². The number of pyridine rings is 1. The van der Waals surface area contributed by atoms with E-state index in [1.165, 1.54) is 4.90 Å². The van der Waals surface area contributed by atoms with Gasteiger partial charge < -0.3 is 26.0 Å². The molecule has 0 spiro atoms. The number of nitrogens with zero attached hydrogens (tertiary/aromatic N) is 2. The van der Waals surface area contributed by atoms with E-state index in [-0.39, 0.29) is 24.3 Å². The van der Waals surface area contributed by atoms with Crippen molar-refractivity contribution in [2.24, 2.45) is 5.92 Å². The summed E-state index contributed by atoms with van der Waals surface area (Å²) in [6.45, 7) is 5.06. The summed E-state index contributed by atoms with van der Waals surface area (Å²) in [5.41, 5.74) is 0.867. The highest BCUT2D eigenvalue weighted by Crippen LogP contribution is 2.07. The SMILES string of the molecule is CC(C)CC(NC(=O)C1CN(C(=O)O)CCN1)C(=O)NCc1cccnc1. The zero-order chi connectivity index (χ0) is 19.8. The zero-order valence-corrected chi connectivity index (χ0v) is 15.6. The van der Waals surface area contributed by atoms with Gasteiger partial charge in [-0.3, -0.25) is 14.6 Å². The molecule has 1 aliphatic rings. The van der Waals surface area contributed by atoms with Gasteiger partial charge in [0.05, 0.1) is 0 Å². The summed E-state index contributed by atoms with van der Waals surface area (Å²) in [6, 6.07) is 2.29. The Morgan fingerprint density at radius 3 is 2.81 bits per heavy atom. The summed E-state index contributed by atoms with van der Waals surface area (Å²) in [5, 5.41) is 17.7. The van der Waals surface area contributed by atoms with Gasteiger partial charge in [-0.25, -0.2) is 4.79 Å². The van der Waals surface area contributed by atoms with Crippen molar-refractivity contribution >= 4 is 17.9 Å². The molecule has 0 radical (unpaired) electrons. The van der Waals surface area contributed by atoms with Crippen LogP contribution in [0.5, 0.6) is 0 Å². The van der Waals surface area contributed by atoms with E-state index < -0.39 is 18.2 Å². The second-order valence-electron chi connectivity index (χ2n) is 7.01. The number of aromatic nitrogens is 1. The number of rotatable bonds is 7. The van der Waals surface area contributed by atoms with E-state index in [1.807, 2.05) is 19.9 Å². The Balaban J connectivity index is 1.95. The van der Waals surface area contributed by atoms with Crippen LogP contribution in [0.25, 0.3) is 0 Å². The second-order valence-corrected chi connectivity index (χ2v) is 7.01. The normalized spacial score (nSPS) is 18.0. The predicted molar refractivity (Wildman–Crippen MR) is 98.9 cm³/mol. The van der Waals surface area contributed by atoms with E-state index >= 15 is 0 Å². The summed E-state index contributed by atoms with van der Waals surface area (Å²) in [7, 11) is 0. The van der Waals surface area contributed by atoms with Gasteiger partial charge in [0.1, 0.15) is 12.1 Å². The molecule has 148 valence electrons. The lowest BCUT2D eigenvalue weighted by Gasteiger charge is -2.32. The van der Waals surface area contributed by atoms with E-state index in [2.05, 4.69) is 20.9 Å². The fourth-order valence-electron chi connectivity index (χ4n) is 2.89. The highest BCUT2D eigenvalue weighted by Gasteiger charge is 2.30. The number of carboxylic acid groups (broad SMARTS) is 1. The molecule has 0 aliphatic carbocycles. The molecule has 9 heteroatoms. The number of amides is 3. The van der Waals surface area contributed by atoms with Gasteiger partial charge in [-0.05, 0) is 24.0 Å². The quantitative estimate of drug-likeness (QED) is 0.537. The van der Waals surface area contributed by atoms with E-state index in [1.54, 1.807) is 18.5 Å². The average Bonchev–Trinajstić information content (AvgIpc) is 2.66. The summed E-state index contributed by atoms with van der Waals surface area (Å²) in [4.78, 5) is 41.4. The van der Waals surface area contributed by atoms with Gasteiger partial charge in [0.25, 0.3) is 0 Å². The first-order valence-electron chi connectivity index (χ1n) is 9.05. The van der Waals surface area contributed by atoms with Crippen molar-refractivity contribution in [3.63, 3.8) is 0 Å². The molecular weight excluding hydrogens is 350 g/mol. The molecule has 2 atom stereocenters. The minimum Gasteiger partial charge on any atom is -0.465 e. The molecule has 1 aliphatic heterocycles. The highest BCUT2D eigenvalue weighted by molar-refractivity contribution is 5.90. The molecule has 2 unspecified atom stereocenters. The van der Waals surface area contributed by atoms with Crippen LogP contribution in [0.4, 0.5) is 4.79 Å². The van der Waals surface area contributed by atoms with Crippen LogP contribution in [0.3, 0.4) is 0 Å².